The molecule has 2 heteroatoms. The summed E-state index contributed by atoms with van der Waals surface area (Å²) in [5.74, 6) is 0. The fraction of sp³-hybridized carbons (Fsp3) is 0.500. The molecule has 2 rings (SSSR count). The minimum atomic E-state index is 0.249. The average Bonchev–Trinajstić information content (AvgIpc) is 2.15. The molecule has 1 aromatic rings. The highest BCUT2D eigenvalue weighted by Gasteiger charge is 2.25. The van der Waals surface area contributed by atoms with E-state index in [0.29, 0.717) is 0 Å². The lowest BCUT2D eigenvalue weighted by atomic mass is 9.89. The van der Waals surface area contributed by atoms with Crippen LogP contribution in [0, 0.1) is 0 Å². The fourth-order valence-electron chi connectivity index (χ4n) is 1.94. The van der Waals surface area contributed by atoms with Crippen LogP contribution in [0.1, 0.15) is 25.8 Å². The second-order valence-corrected chi connectivity index (χ2v) is 5.35. The van der Waals surface area contributed by atoms with Crippen molar-refractivity contribution in [3.8, 4) is 0 Å². The SMILES string of the molecule is CSc1cccc2c1NC(C)(C)CC2. The van der Waals surface area contributed by atoms with Crippen LogP contribution in [-0.4, -0.2) is 11.8 Å². The molecule has 0 spiro atoms. The zero-order valence-electron chi connectivity index (χ0n) is 9.05. The van der Waals surface area contributed by atoms with Crippen molar-refractivity contribution in [1.82, 2.24) is 0 Å². The molecule has 1 N–H and O–H groups in total. The molecule has 0 saturated carbocycles. The van der Waals surface area contributed by atoms with Crippen molar-refractivity contribution in [3.63, 3.8) is 0 Å². The van der Waals surface area contributed by atoms with E-state index in [4.69, 9.17) is 0 Å². The van der Waals surface area contributed by atoms with Gasteiger partial charge in [-0.3, -0.25) is 0 Å². The van der Waals surface area contributed by atoms with Crippen LogP contribution in [0.15, 0.2) is 23.1 Å². The van der Waals surface area contributed by atoms with Gasteiger partial charge in [0.1, 0.15) is 0 Å². The number of thioether (sulfide) groups is 1. The van der Waals surface area contributed by atoms with Gasteiger partial charge in [0.2, 0.25) is 0 Å². The molecule has 1 nitrogen and oxygen atoms in total. The standard InChI is InChI=1S/C12H17NS/c1-12(2)8-7-9-5-4-6-10(14-3)11(9)13-12/h4-6,13H,7-8H2,1-3H3. The summed E-state index contributed by atoms with van der Waals surface area (Å²) >= 11 is 1.82. The monoisotopic (exact) mass is 207 g/mol. The molecule has 0 saturated heterocycles. The Hall–Kier alpha value is -0.630. The van der Waals surface area contributed by atoms with E-state index in [-0.39, 0.29) is 5.54 Å². The van der Waals surface area contributed by atoms with E-state index in [1.807, 2.05) is 11.8 Å². The number of fused-ring (bicyclic) bond motifs is 1. The third-order valence-corrected chi connectivity index (χ3v) is 3.60. The number of aryl methyl sites for hydroxylation is 1. The maximum atomic E-state index is 3.63. The van der Waals surface area contributed by atoms with Crippen LogP contribution in [0.2, 0.25) is 0 Å². The summed E-state index contributed by atoms with van der Waals surface area (Å²) < 4.78 is 0. The van der Waals surface area contributed by atoms with Crippen LogP contribution in [0.3, 0.4) is 0 Å². The number of nitrogens with one attached hydrogen (secondary N) is 1. The minimum Gasteiger partial charge on any atom is -0.379 e. The molecule has 76 valence electrons. The topological polar surface area (TPSA) is 12.0 Å². The Labute approximate surface area is 90.3 Å². The van der Waals surface area contributed by atoms with E-state index in [0.717, 1.165) is 0 Å². The molecular formula is C12H17NS. The number of hydrogen-bond acceptors (Lipinski definition) is 2. The van der Waals surface area contributed by atoms with Gasteiger partial charge in [-0.2, -0.15) is 0 Å². The van der Waals surface area contributed by atoms with Gasteiger partial charge in [-0.05, 0) is 44.6 Å². The summed E-state index contributed by atoms with van der Waals surface area (Å²) in [5, 5.41) is 3.63. The van der Waals surface area contributed by atoms with Gasteiger partial charge in [0, 0.05) is 10.4 Å². The van der Waals surface area contributed by atoms with E-state index in [1.165, 1.54) is 29.0 Å². The maximum Gasteiger partial charge on any atom is 0.0514 e. The molecule has 1 aromatic carbocycles. The first-order chi connectivity index (χ1) is 6.62. The summed E-state index contributed by atoms with van der Waals surface area (Å²) in [5.41, 5.74) is 3.08. The van der Waals surface area contributed by atoms with Crippen molar-refractivity contribution in [3.05, 3.63) is 23.8 Å². The molecule has 0 fully saturated rings. The van der Waals surface area contributed by atoms with E-state index in [9.17, 15) is 0 Å². The first kappa shape index (κ1) is 9.91. The molecule has 0 bridgehead atoms. The number of hydrogen-bond donors (Lipinski definition) is 1. The van der Waals surface area contributed by atoms with Crippen molar-refractivity contribution in [2.45, 2.75) is 37.1 Å². The number of para-hydroxylation sites is 1. The van der Waals surface area contributed by atoms with Crippen molar-refractivity contribution in [1.29, 1.82) is 0 Å². The Morgan fingerprint density at radius 3 is 2.86 bits per heavy atom. The van der Waals surface area contributed by atoms with Crippen LogP contribution < -0.4 is 5.32 Å². The van der Waals surface area contributed by atoms with Gasteiger partial charge in [-0.15, -0.1) is 11.8 Å². The van der Waals surface area contributed by atoms with Crippen LogP contribution in [0.5, 0.6) is 0 Å². The van der Waals surface area contributed by atoms with Crippen molar-refractivity contribution < 1.29 is 0 Å². The third kappa shape index (κ3) is 1.76. The highest BCUT2D eigenvalue weighted by atomic mass is 32.2. The smallest absolute Gasteiger partial charge is 0.0514 e. The van der Waals surface area contributed by atoms with Gasteiger partial charge in [0.15, 0.2) is 0 Å². The highest BCUT2D eigenvalue weighted by molar-refractivity contribution is 7.98. The third-order valence-electron chi connectivity index (χ3n) is 2.82. The Kier molecular flexibility index (Phi) is 2.48. The summed E-state index contributed by atoms with van der Waals surface area (Å²) in [6.45, 7) is 4.54. The summed E-state index contributed by atoms with van der Waals surface area (Å²) in [7, 11) is 0. The molecule has 1 aliphatic rings. The normalized spacial score (nSPS) is 18.5. The molecule has 0 unspecified atom stereocenters. The van der Waals surface area contributed by atoms with Gasteiger partial charge in [-0.25, -0.2) is 0 Å². The lowest BCUT2D eigenvalue weighted by molar-refractivity contribution is 0.500. The summed E-state index contributed by atoms with van der Waals surface area (Å²) in [6, 6.07) is 6.58. The second kappa shape index (κ2) is 3.50. The van der Waals surface area contributed by atoms with Crippen LogP contribution in [0.4, 0.5) is 5.69 Å². The Bertz CT molecular complexity index is 330. The number of benzene rings is 1. The van der Waals surface area contributed by atoms with Crippen LogP contribution >= 0.6 is 11.8 Å². The van der Waals surface area contributed by atoms with Gasteiger partial charge in [0.25, 0.3) is 0 Å². The average molecular weight is 207 g/mol. The quantitative estimate of drug-likeness (QED) is 0.707. The first-order valence-electron chi connectivity index (χ1n) is 5.06. The minimum absolute atomic E-state index is 0.249. The lowest BCUT2D eigenvalue weighted by Gasteiger charge is -2.34. The Morgan fingerprint density at radius 1 is 1.36 bits per heavy atom. The molecule has 0 radical (unpaired) electrons. The fourth-order valence-corrected chi connectivity index (χ4v) is 2.55. The largest absolute Gasteiger partial charge is 0.379 e. The number of rotatable bonds is 1. The predicted octanol–water partition coefficient (Wildman–Crippen LogP) is 3.55. The zero-order valence-corrected chi connectivity index (χ0v) is 9.87. The summed E-state index contributed by atoms with van der Waals surface area (Å²) in [4.78, 5) is 1.37. The summed E-state index contributed by atoms with van der Waals surface area (Å²) in [6.07, 6.45) is 4.56. The Balaban J connectivity index is 2.43. The van der Waals surface area contributed by atoms with Gasteiger partial charge in [0.05, 0.1) is 5.69 Å². The molecular weight excluding hydrogens is 190 g/mol. The van der Waals surface area contributed by atoms with Gasteiger partial charge < -0.3 is 5.32 Å². The molecule has 0 aromatic heterocycles. The molecule has 1 heterocycles. The maximum absolute atomic E-state index is 3.63. The van der Waals surface area contributed by atoms with Crippen LogP contribution in [0.25, 0.3) is 0 Å². The van der Waals surface area contributed by atoms with E-state index >= 15 is 0 Å². The molecule has 1 aliphatic heterocycles. The van der Waals surface area contributed by atoms with Crippen molar-refractivity contribution in [2.75, 3.05) is 11.6 Å². The van der Waals surface area contributed by atoms with Crippen molar-refractivity contribution >= 4 is 17.4 Å². The van der Waals surface area contributed by atoms with Gasteiger partial charge in [-0.1, -0.05) is 12.1 Å². The lowest BCUT2D eigenvalue weighted by Crippen LogP contribution is -2.35. The van der Waals surface area contributed by atoms with Crippen molar-refractivity contribution in [2.24, 2.45) is 0 Å². The van der Waals surface area contributed by atoms with Gasteiger partial charge >= 0.3 is 0 Å². The van der Waals surface area contributed by atoms with E-state index in [1.54, 1.807) is 0 Å². The predicted molar refractivity (Wildman–Crippen MR) is 64.2 cm³/mol. The molecule has 0 aliphatic carbocycles. The first-order valence-corrected chi connectivity index (χ1v) is 6.29. The van der Waals surface area contributed by atoms with E-state index in [2.05, 4.69) is 43.6 Å². The van der Waals surface area contributed by atoms with E-state index < -0.39 is 0 Å². The second-order valence-electron chi connectivity index (χ2n) is 4.50. The van der Waals surface area contributed by atoms with Crippen LogP contribution in [-0.2, 0) is 6.42 Å². The Morgan fingerprint density at radius 2 is 2.14 bits per heavy atom. The molecule has 0 amide bonds. The highest BCUT2D eigenvalue weighted by Crippen LogP contribution is 2.36. The molecule has 0 atom stereocenters. The zero-order chi connectivity index (χ0) is 10.2. The molecule has 14 heavy (non-hydrogen) atoms. The number of anilines is 1.